The molecule has 1 fully saturated rings. The van der Waals surface area contributed by atoms with Crippen LogP contribution in [0.3, 0.4) is 0 Å². The van der Waals surface area contributed by atoms with Crippen molar-refractivity contribution in [1.82, 2.24) is 15.5 Å². The molecule has 1 aromatic carbocycles. The normalized spacial score (nSPS) is 16.7. The van der Waals surface area contributed by atoms with E-state index in [0.717, 1.165) is 37.2 Å². The number of halogens is 1. The number of aryl methyl sites for hydroxylation is 1. The quantitative estimate of drug-likeness (QED) is 0.870. The number of H-pyrrole nitrogens is 1. The van der Waals surface area contributed by atoms with Crippen LogP contribution in [-0.4, -0.2) is 23.3 Å². The number of aromatic amines is 1. The summed E-state index contributed by atoms with van der Waals surface area (Å²) in [4.78, 5) is 0. The largest absolute Gasteiger partial charge is 0.317 e. The fourth-order valence-electron chi connectivity index (χ4n) is 2.63. The van der Waals surface area contributed by atoms with E-state index in [4.69, 9.17) is 0 Å². The summed E-state index contributed by atoms with van der Waals surface area (Å²) < 4.78 is 13.3. The molecule has 1 aliphatic rings. The van der Waals surface area contributed by atoms with Crippen molar-refractivity contribution in [2.45, 2.75) is 25.7 Å². The SMILES string of the molecule is Cc1cc(-c2cc(C3CCNCC3)[nH]n2)ccc1F. The Hall–Kier alpha value is -1.68. The van der Waals surface area contributed by atoms with Crippen molar-refractivity contribution < 1.29 is 4.39 Å². The lowest BCUT2D eigenvalue weighted by Gasteiger charge is -2.20. The first-order valence-corrected chi connectivity index (χ1v) is 6.76. The Kier molecular flexibility index (Phi) is 3.34. The molecule has 0 saturated carbocycles. The summed E-state index contributed by atoms with van der Waals surface area (Å²) in [7, 11) is 0. The van der Waals surface area contributed by atoms with Crippen molar-refractivity contribution >= 4 is 0 Å². The van der Waals surface area contributed by atoms with Gasteiger partial charge >= 0.3 is 0 Å². The number of hydrogen-bond acceptors (Lipinski definition) is 2. The second kappa shape index (κ2) is 5.13. The van der Waals surface area contributed by atoms with E-state index >= 15 is 0 Å². The summed E-state index contributed by atoms with van der Waals surface area (Å²) in [5, 5.41) is 10.9. The van der Waals surface area contributed by atoms with Crippen LogP contribution in [0.4, 0.5) is 4.39 Å². The van der Waals surface area contributed by atoms with Crippen LogP contribution >= 0.6 is 0 Å². The molecule has 4 heteroatoms. The third-order valence-electron chi connectivity index (χ3n) is 3.83. The highest BCUT2D eigenvalue weighted by Gasteiger charge is 2.17. The number of nitrogens with one attached hydrogen (secondary N) is 2. The third-order valence-corrected chi connectivity index (χ3v) is 3.83. The van der Waals surface area contributed by atoms with Gasteiger partial charge in [0.25, 0.3) is 0 Å². The minimum Gasteiger partial charge on any atom is -0.317 e. The van der Waals surface area contributed by atoms with E-state index < -0.39 is 0 Å². The Morgan fingerprint density at radius 1 is 1.21 bits per heavy atom. The van der Waals surface area contributed by atoms with Crippen LogP contribution in [0.5, 0.6) is 0 Å². The first-order valence-electron chi connectivity index (χ1n) is 6.76. The maximum Gasteiger partial charge on any atom is 0.126 e. The fraction of sp³-hybridized carbons (Fsp3) is 0.400. The zero-order chi connectivity index (χ0) is 13.2. The molecule has 0 atom stereocenters. The molecule has 0 radical (unpaired) electrons. The summed E-state index contributed by atoms with van der Waals surface area (Å²) in [6, 6.07) is 7.23. The van der Waals surface area contributed by atoms with Crippen LogP contribution < -0.4 is 5.32 Å². The van der Waals surface area contributed by atoms with Gasteiger partial charge < -0.3 is 5.32 Å². The first-order chi connectivity index (χ1) is 9.24. The molecule has 2 N–H and O–H groups in total. The molecular formula is C15H18FN3. The lowest BCUT2D eigenvalue weighted by atomic mass is 9.94. The fourth-order valence-corrected chi connectivity index (χ4v) is 2.63. The minimum atomic E-state index is -0.169. The van der Waals surface area contributed by atoms with E-state index in [2.05, 4.69) is 21.6 Å². The highest BCUT2D eigenvalue weighted by atomic mass is 19.1. The summed E-state index contributed by atoms with van der Waals surface area (Å²) in [5.41, 5.74) is 3.72. The highest BCUT2D eigenvalue weighted by Crippen LogP contribution is 2.27. The van der Waals surface area contributed by atoms with E-state index in [9.17, 15) is 4.39 Å². The maximum absolute atomic E-state index is 13.3. The molecule has 1 aromatic heterocycles. The first kappa shape index (κ1) is 12.4. The lowest BCUT2D eigenvalue weighted by molar-refractivity contribution is 0.453. The summed E-state index contributed by atoms with van der Waals surface area (Å²) in [6.45, 7) is 3.91. The van der Waals surface area contributed by atoms with Crippen LogP contribution in [0.1, 0.15) is 30.0 Å². The monoisotopic (exact) mass is 259 g/mol. The maximum atomic E-state index is 13.3. The number of piperidine rings is 1. The predicted molar refractivity (Wildman–Crippen MR) is 73.6 cm³/mol. The van der Waals surface area contributed by atoms with Gasteiger partial charge in [-0.2, -0.15) is 5.10 Å². The van der Waals surface area contributed by atoms with Gasteiger partial charge in [0.2, 0.25) is 0 Å². The van der Waals surface area contributed by atoms with Gasteiger partial charge in [0.05, 0.1) is 5.69 Å². The van der Waals surface area contributed by atoms with E-state index in [1.165, 1.54) is 11.8 Å². The van der Waals surface area contributed by atoms with Gasteiger partial charge in [0.1, 0.15) is 5.82 Å². The number of nitrogens with zero attached hydrogens (tertiary/aromatic N) is 1. The molecule has 0 unspecified atom stereocenters. The van der Waals surface area contributed by atoms with E-state index in [1.54, 1.807) is 13.0 Å². The third kappa shape index (κ3) is 2.54. The Bertz CT molecular complexity index is 571. The van der Waals surface area contributed by atoms with Crippen molar-refractivity contribution in [3.8, 4) is 11.3 Å². The summed E-state index contributed by atoms with van der Waals surface area (Å²) >= 11 is 0. The number of benzene rings is 1. The zero-order valence-electron chi connectivity index (χ0n) is 11.0. The standard InChI is InChI=1S/C15H18FN3/c1-10-8-12(2-3-13(10)16)15-9-14(18-19-15)11-4-6-17-7-5-11/h2-3,8-9,11,17H,4-7H2,1H3,(H,18,19). The molecule has 0 bridgehead atoms. The van der Waals surface area contributed by atoms with Gasteiger partial charge in [-0.1, -0.05) is 0 Å². The predicted octanol–water partition coefficient (Wildman–Crippen LogP) is 2.99. The Morgan fingerprint density at radius 2 is 2.00 bits per heavy atom. The molecule has 2 aromatic rings. The average molecular weight is 259 g/mol. The lowest BCUT2D eigenvalue weighted by Crippen LogP contribution is -2.26. The molecule has 1 aliphatic heterocycles. The average Bonchev–Trinajstić information content (AvgIpc) is 2.93. The topological polar surface area (TPSA) is 40.7 Å². The van der Waals surface area contributed by atoms with Crippen LogP contribution in [0.2, 0.25) is 0 Å². The van der Waals surface area contributed by atoms with Crippen LogP contribution in [0, 0.1) is 12.7 Å². The van der Waals surface area contributed by atoms with Crippen molar-refractivity contribution in [2.24, 2.45) is 0 Å². The smallest absolute Gasteiger partial charge is 0.126 e. The van der Waals surface area contributed by atoms with Gasteiger partial charge in [-0.05, 0) is 62.7 Å². The van der Waals surface area contributed by atoms with E-state index in [1.807, 2.05) is 6.07 Å². The van der Waals surface area contributed by atoms with Crippen molar-refractivity contribution in [1.29, 1.82) is 0 Å². The van der Waals surface area contributed by atoms with Crippen molar-refractivity contribution in [3.63, 3.8) is 0 Å². The van der Waals surface area contributed by atoms with Gasteiger partial charge in [-0.3, -0.25) is 5.10 Å². The molecule has 0 aliphatic carbocycles. The molecule has 1 saturated heterocycles. The Morgan fingerprint density at radius 3 is 2.74 bits per heavy atom. The number of aromatic nitrogens is 2. The molecule has 19 heavy (non-hydrogen) atoms. The number of rotatable bonds is 2. The summed E-state index contributed by atoms with van der Waals surface area (Å²) in [6.07, 6.45) is 2.29. The molecule has 3 nitrogen and oxygen atoms in total. The van der Waals surface area contributed by atoms with Gasteiger partial charge in [-0.15, -0.1) is 0 Å². The van der Waals surface area contributed by atoms with E-state index in [-0.39, 0.29) is 5.82 Å². The Balaban J connectivity index is 1.85. The van der Waals surface area contributed by atoms with Crippen LogP contribution in [-0.2, 0) is 0 Å². The van der Waals surface area contributed by atoms with Gasteiger partial charge in [-0.25, -0.2) is 4.39 Å². The molecule has 3 rings (SSSR count). The number of hydrogen-bond donors (Lipinski definition) is 2. The second-order valence-corrected chi connectivity index (χ2v) is 5.20. The zero-order valence-corrected chi connectivity index (χ0v) is 11.0. The van der Waals surface area contributed by atoms with Crippen LogP contribution in [0.25, 0.3) is 11.3 Å². The molecule has 2 heterocycles. The molecular weight excluding hydrogens is 241 g/mol. The minimum absolute atomic E-state index is 0.169. The van der Waals surface area contributed by atoms with E-state index in [0.29, 0.717) is 11.5 Å². The van der Waals surface area contributed by atoms with Crippen LogP contribution in [0.15, 0.2) is 24.3 Å². The second-order valence-electron chi connectivity index (χ2n) is 5.20. The van der Waals surface area contributed by atoms with Crippen molar-refractivity contribution in [2.75, 3.05) is 13.1 Å². The van der Waals surface area contributed by atoms with Gasteiger partial charge in [0.15, 0.2) is 0 Å². The van der Waals surface area contributed by atoms with Crippen molar-refractivity contribution in [3.05, 3.63) is 41.3 Å². The summed E-state index contributed by atoms with van der Waals surface area (Å²) in [5.74, 6) is 0.391. The molecule has 100 valence electrons. The Labute approximate surface area is 112 Å². The molecule has 0 spiro atoms. The highest BCUT2D eigenvalue weighted by molar-refractivity contribution is 5.60. The van der Waals surface area contributed by atoms with Gasteiger partial charge in [0, 0.05) is 17.2 Å². The molecule has 0 amide bonds.